The number of rotatable bonds is 4. The first-order chi connectivity index (χ1) is 8.24. The molecular weight excluding hydrogens is 234 g/mol. The minimum atomic E-state index is 0.311. The van der Waals surface area contributed by atoms with Gasteiger partial charge in [0.1, 0.15) is 10.8 Å². The molecule has 2 aromatic rings. The van der Waals surface area contributed by atoms with Crippen LogP contribution in [0, 0.1) is 0 Å². The van der Waals surface area contributed by atoms with Gasteiger partial charge in [-0.3, -0.25) is 4.57 Å². The third kappa shape index (κ3) is 2.31. The van der Waals surface area contributed by atoms with E-state index in [1.807, 2.05) is 10.8 Å². The lowest BCUT2D eigenvalue weighted by molar-refractivity contribution is 0.785. The van der Waals surface area contributed by atoms with Crippen LogP contribution >= 0.6 is 12.2 Å². The molecule has 0 aliphatic carbocycles. The van der Waals surface area contributed by atoms with Crippen LogP contribution in [0.2, 0.25) is 0 Å². The molecule has 5 nitrogen and oxygen atoms in total. The van der Waals surface area contributed by atoms with Crippen molar-refractivity contribution in [2.45, 2.75) is 19.8 Å². The minimum Gasteiger partial charge on any atom is -0.389 e. The zero-order valence-corrected chi connectivity index (χ0v) is 10.3. The molecule has 2 aromatic heterocycles. The molecule has 88 valence electrons. The Bertz CT molecular complexity index is 534. The number of imidazole rings is 1. The van der Waals surface area contributed by atoms with Crippen LogP contribution in [0.3, 0.4) is 0 Å². The van der Waals surface area contributed by atoms with E-state index in [0.717, 1.165) is 18.7 Å². The van der Waals surface area contributed by atoms with Gasteiger partial charge in [-0.15, -0.1) is 5.10 Å². The molecule has 17 heavy (non-hydrogen) atoms. The fourth-order valence-corrected chi connectivity index (χ4v) is 1.79. The predicted octanol–water partition coefficient (Wildman–Crippen LogP) is 1.25. The Kier molecular flexibility index (Phi) is 3.43. The van der Waals surface area contributed by atoms with Gasteiger partial charge in [0, 0.05) is 18.8 Å². The van der Waals surface area contributed by atoms with Gasteiger partial charge in [0.25, 0.3) is 0 Å². The van der Waals surface area contributed by atoms with Crippen molar-refractivity contribution in [3.63, 3.8) is 0 Å². The van der Waals surface area contributed by atoms with Gasteiger partial charge < -0.3 is 5.73 Å². The van der Waals surface area contributed by atoms with Gasteiger partial charge >= 0.3 is 0 Å². The van der Waals surface area contributed by atoms with Crippen molar-refractivity contribution in [2.24, 2.45) is 5.73 Å². The number of aryl methyl sites for hydroxylation is 1. The molecule has 0 saturated carbocycles. The van der Waals surface area contributed by atoms with Crippen molar-refractivity contribution >= 4 is 17.2 Å². The fourth-order valence-electron chi connectivity index (χ4n) is 1.63. The van der Waals surface area contributed by atoms with Gasteiger partial charge in [0.15, 0.2) is 5.82 Å². The number of hydrogen-bond acceptors (Lipinski definition) is 4. The number of nitrogens with two attached hydrogens (primary N) is 1. The molecule has 0 radical (unpaired) electrons. The van der Waals surface area contributed by atoms with Crippen molar-refractivity contribution < 1.29 is 0 Å². The smallest absolute Gasteiger partial charge is 0.171 e. The zero-order valence-electron chi connectivity index (χ0n) is 9.50. The van der Waals surface area contributed by atoms with Crippen LogP contribution in [0.1, 0.15) is 24.7 Å². The second kappa shape index (κ2) is 5.01. The van der Waals surface area contributed by atoms with E-state index in [0.29, 0.717) is 16.4 Å². The standard InChI is InChI=1S/C11H13N5S/c1-2-3-9-13-6-7-16(9)11-8(10(12)17)4-5-14-15-11/h4-7H,2-3H2,1H3,(H2,12,17). The molecule has 2 heterocycles. The highest BCUT2D eigenvalue weighted by Crippen LogP contribution is 2.13. The van der Waals surface area contributed by atoms with E-state index in [4.69, 9.17) is 18.0 Å². The third-order valence-electron chi connectivity index (χ3n) is 2.39. The van der Waals surface area contributed by atoms with Gasteiger partial charge in [-0.2, -0.15) is 5.10 Å². The van der Waals surface area contributed by atoms with E-state index >= 15 is 0 Å². The monoisotopic (exact) mass is 247 g/mol. The molecule has 0 aliphatic rings. The molecule has 0 bridgehead atoms. The summed E-state index contributed by atoms with van der Waals surface area (Å²) in [6.07, 6.45) is 7.05. The lowest BCUT2D eigenvalue weighted by Gasteiger charge is -2.09. The predicted molar refractivity (Wildman–Crippen MR) is 69.0 cm³/mol. The first-order valence-electron chi connectivity index (χ1n) is 5.38. The maximum atomic E-state index is 5.67. The van der Waals surface area contributed by atoms with Gasteiger partial charge in [-0.25, -0.2) is 4.98 Å². The SMILES string of the molecule is CCCc1nccn1-c1nnccc1C(N)=S. The largest absolute Gasteiger partial charge is 0.389 e. The summed E-state index contributed by atoms with van der Waals surface area (Å²) in [5.41, 5.74) is 6.39. The van der Waals surface area contributed by atoms with E-state index < -0.39 is 0 Å². The highest BCUT2D eigenvalue weighted by Gasteiger charge is 2.12. The van der Waals surface area contributed by atoms with Crippen molar-refractivity contribution in [1.29, 1.82) is 0 Å². The van der Waals surface area contributed by atoms with E-state index in [2.05, 4.69) is 22.1 Å². The highest BCUT2D eigenvalue weighted by molar-refractivity contribution is 7.80. The topological polar surface area (TPSA) is 69.6 Å². The Balaban J connectivity index is 2.52. The number of thiocarbonyl (C=S) groups is 1. The van der Waals surface area contributed by atoms with E-state index in [-0.39, 0.29) is 0 Å². The first kappa shape index (κ1) is 11.7. The van der Waals surface area contributed by atoms with Crippen LogP contribution in [-0.4, -0.2) is 24.7 Å². The van der Waals surface area contributed by atoms with Crippen molar-refractivity contribution in [1.82, 2.24) is 19.7 Å². The Morgan fingerprint density at radius 2 is 2.29 bits per heavy atom. The minimum absolute atomic E-state index is 0.311. The fraction of sp³-hybridized carbons (Fsp3) is 0.273. The summed E-state index contributed by atoms with van der Waals surface area (Å²) in [7, 11) is 0. The second-order valence-electron chi connectivity index (χ2n) is 3.60. The van der Waals surface area contributed by atoms with Crippen molar-refractivity contribution in [3.8, 4) is 5.82 Å². The molecule has 0 saturated heterocycles. The summed E-state index contributed by atoms with van der Waals surface area (Å²) in [5, 5.41) is 7.96. The summed E-state index contributed by atoms with van der Waals surface area (Å²) in [6, 6.07) is 1.76. The van der Waals surface area contributed by atoms with E-state index in [9.17, 15) is 0 Å². The normalized spacial score (nSPS) is 10.4. The van der Waals surface area contributed by atoms with Crippen LogP contribution < -0.4 is 5.73 Å². The number of hydrogen-bond donors (Lipinski definition) is 1. The third-order valence-corrected chi connectivity index (χ3v) is 2.61. The highest BCUT2D eigenvalue weighted by atomic mass is 32.1. The first-order valence-corrected chi connectivity index (χ1v) is 5.79. The van der Waals surface area contributed by atoms with Crippen LogP contribution in [0.15, 0.2) is 24.7 Å². The van der Waals surface area contributed by atoms with E-state index in [1.54, 1.807) is 18.5 Å². The van der Waals surface area contributed by atoms with Crippen LogP contribution in [-0.2, 0) is 6.42 Å². The summed E-state index contributed by atoms with van der Waals surface area (Å²) >= 11 is 5.01. The Morgan fingerprint density at radius 3 is 3.00 bits per heavy atom. The van der Waals surface area contributed by atoms with Crippen LogP contribution in [0.25, 0.3) is 5.82 Å². The molecule has 2 rings (SSSR count). The lowest BCUT2D eigenvalue weighted by atomic mass is 10.2. The summed E-state index contributed by atoms with van der Waals surface area (Å²) in [6.45, 7) is 2.10. The summed E-state index contributed by atoms with van der Waals surface area (Å²) in [4.78, 5) is 4.61. The number of nitrogens with zero attached hydrogens (tertiary/aromatic N) is 4. The van der Waals surface area contributed by atoms with Crippen molar-refractivity contribution in [2.75, 3.05) is 0 Å². The van der Waals surface area contributed by atoms with Gasteiger partial charge in [-0.1, -0.05) is 19.1 Å². The molecule has 0 aromatic carbocycles. The quantitative estimate of drug-likeness (QED) is 0.823. The average Bonchev–Trinajstić information content (AvgIpc) is 2.77. The van der Waals surface area contributed by atoms with Crippen LogP contribution in [0.5, 0.6) is 0 Å². The molecule has 2 N–H and O–H groups in total. The molecule has 0 spiro atoms. The average molecular weight is 247 g/mol. The van der Waals surface area contributed by atoms with Crippen LogP contribution in [0.4, 0.5) is 0 Å². The maximum absolute atomic E-state index is 5.67. The van der Waals surface area contributed by atoms with E-state index in [1.165, 1.54) is 0 Å². The second-order valence-corrected chi connectivity index (χ2v) is 4.04. The molecule has 0 fully saturated rings. The Hall–Kier alpha value is -1.82. The summed E-state index contributed by atoms with van der Waals surface area (Å²) < 4.78 is 1.88. The van der Waals surface area contributed by atoms with Gasteiger partial charge in [-0.05, 0) is 12.5 Å². The zero-order chi connectivity index (χ0) is 12.3. The molecule has 0 atom stereocenters. The molecule has 0 unspecified atom stereocenters. The van der Waals surface area contributed by atoms with Gasteiger partial charge in [0.2, 0.25) is 0 Å². The van der Waals surface area contributed by atoms with Gasteiger partial charge in [0.05, 0.1) is 11.8 Å². The molecule has 0 amide bonds. The van der Waals surface area contributed by atoms with Crippen molar-refractivity contribution in [3.05, 3.63) is 36.0 Å². The molecule has 6 heteroatoms. The molecular formula is C11H13N5S. The maximum Gasteiger partial charge on any atom is 0.171 e. The number of aromatic nitrogens is 4. The Morgan fingerprint density at radius 1 is 1.47 bits per heavy atom. The summed E-state index contributed by atoms with van der Waals surface area (Å²) in [5.74, 6) is 1.58. The lowest BCUT2D eigenvalue weighted by Crippen LogP contribution is -2.16. The Labute approximate surface area is 105 Å². The molecule has 0 aliphatic heterocycles.